The molecule has 0 saturated heterocycles. The largest absolute Gasteiger partial charge is 0.598 e. The van der Waals surface area contributed by atoms with E-state index in [0.717, 1.165) is 17.3 Å². The van der Waals surface area contributed by atoms with Gasteiger partial charge in [0.1, 0.15) is 17.4 Å². The molecule has 1 aliphatic carbocycles. The summed E-state index contributed by atoms with van der Waals surface area (Å²) in [4.78, 5) is 19.7. The number of aryl methyl sites for hydroxylation is 1. The number of halogens is 2. The molecule has 162 valence electrons. The van der Waals surface area contributed by atoms with Gasteiger partial charge in [-0.15, -0.1) is 4.72 Å². The van der Waals surface area contributed by atoms with Crippen molar-refractivity contribution in [3.63, 3.8) is 0 Å². The average molecular weight is 444 g/mol. The number of nitrogens with one attached hydrogen (secondary N) is 2. The van der Waals surface area contributed by atoms with Crippen molar-refractivity contribution < 1.29 is 13.3 Å². The predicted octanol–water partition coefficient (Wildman–Crippen LogP) is 3.63. The minimum absolute atomic E-state index is 0.145. The van der Waals surface area contributed by atoms with Gasteiger partial charge in [0.15, 0.2) is 0 Å². The second kappa shape index (κ2) is 9.30. The second-order valence-corrected chi connectivity index (χ2v) is 9.16. The number of benzene rings is 2. The molecule has 0 spiro atoms. The van der Waals surface area contributed by atoms with E-state index in [4.69, 9.17) is 0 Å². The lowest BCUT2D eigenvalue weighted by atomic mass is 9.79. The first-order chi connectivity index (χ1) is 14.9. The molecule has 31 heavy (non-hydrogen) atoms. The molecule has 0 fully saturated rings. The van der Waals surface area contributed by atoms with Crippen LogP contribution >= 0.6 is 0 Å². The molecule has 2 aromatic carbocycles. The lowest BCUT2D eigenvalue weighted by Gasteiger charge is -2.32. The molecule has 1 aromatic heterocycles. The van der Waals surface area contributed by atoms with E-state index in [2.05, 4.69) is 14.7 Å². The number of fused-ring (bicyclic) bond motifs is 1. The van der Waals surface area contributed by atoms with Crippen molar-refractivity contribution in [3.05, 3.63) is 87.6 Å². The minimum Gasteiger partial charge on any atom is -0.598 e. The first-order valence-corrected chi connectivity index (χ1v) is 11.5. The average Bonchev–Trinajstić information content (AvgIpc) is 2.75. The molecule has 4 rings (SSSR count). The van der Waals surface area contributed by atoms with Crippen LogP contribution in [0.25, 0.3) is 11.1 Å². The molecule has 2 N–H and O–H groups in total. The molecule has 0 radical (unpaired) electrons. The number of nitrogens with zero attached hydrogens (tertiary/aromatic N) is 1. The van der Waals surface area contributed by atoms with Gasteiger partial charge in [-0.05, 0) is 55.0 Å². The smallest absolute Gasteiger partial charge is 0.254 e. The first-order valence-electron chi connectivity index (χ1n) is 10.2. The van der Waals surface area contributed by atoms with Crippen LogP contribution < -0.4 is 10.3 Å². The molecule has 1 heterocycles. The van der Waals surface area contributed by atoms with Crippen LogP contribution in [0.4, 0.5) is 8.78 Å². The van der Waals surface area contributed by atoms with E-state index < -0.39 is 23.0 Å². The molecule has 1 unspecified atom stereocenters. The molecule has 0 bridgehead atoms. The van der Waals surface area contributed by atoms with Crippen molar-refractivity contribution in [3.8, 4) is 11.1 Å². The third kappa shape index (κ3) is 4.87. The predicted molar refractivity (Wildman–Crippen MR) is 117 cm³/mol. The maximum absolute atomic E-state index is 13.7. The van der Waals surface area contributed by atoms with Crippen LogP contribution in [0.5, 0.6) is 0 Å². The normalized spacial score (nSPS) is 19.1. The van der Waals surface area contributed by atoms with E-state index in [0.29, 0.717) is 41.7 Å². The molecule has 5 nitrogen and oxygen atoms in total. The Labute approximate surface area is 182 Å². The van der Waals surface area contributed by atoms with Gasteiger partial charge in [-0.2, -0.15) is 0 Å². The Morgan fingerprint density at radius 2 is 1.97 bits per heavy atom. The van der Waals surface area contributed by atoms with E-state index in [1.807, 2.05) is 25.1 Å². The van der Waals surface area contributed by atoms with Crippen LogP contribution in [0.1, 0.15) is 36.1 Å². The van der Waals surface area contributed by atoms with Crippen molar-refractivity contribution in [2.75, 3.05) is 5.75 Å². The highest BCUT2D eigenvalue weighted by Gasteiger charge is 2.35. The summed E-state index contributed by atoms with van der Waals surface area (Å²) in [7, 11) is 0. The molecule has 8 heteroatoms. The number of hydrogen-bond donors (Lipinski definition) is 2. The number of rotatable bonds is 6. The first kappa shape index (κ1) is 21.7. The van der Waals surface area contributed by atoms with Gasteiger partial charge in [0.2, 0.25) is 0 Å². The minimum atomic E-state index is -1.19. The van der Waals surface area contributed by atoms with E-state index in [1.54, 1.807) is 6.07 Å². The fourth-order valence-electron chi connectivity index (χ4n) is 4.21. The van der Waals surface area contributed by atoms with E-state index in [9.17, 15) is 18.1 Å². The summed E-state index contributed by atoms with van der Waals surface area (Å²) in [6, 6.07) is 10.7. The van der Waals surface area contributed by atoms with Crippen molar-refractivity contribution in [1.29, 1.82) is 0 Å². The van der Waals surface area contributed by atoms with Gasteiger partial charge in [-0.25, -0.2) is 13.8 Å². The molecule has 0 saturated carbocycles. The number of H-pyrrole nitrogens is 1. The van der Waals surface area contributed by atoms with Crippen molar-refractivity contribution in [2.24, 2.45) is 0 Å². The fraction of sp³-hybridized carbons (Fsp3) is 0.304. The topological polar surface area (TPSA) is 80.8 Å². The highest BCUT2D eigenvalue weighted by molar-refractivity contribution is 7.89. The zero-order valence-electron chi connectivity index (χ0n) is 17.0. The zero-order valence-corrected chi connectivity index (χ0v) is 17.8. The molecular weight excluding hydrogens is 420 g/mol. The van der Waals surface area contributed by atoms with E-state index in [1.165, 1.54) is 18.5 Å². The molecule has 0 aliphatic heterocycles. The summed E-state index contributed by atoms with van der Waals surface area (Å²) < 4.78 is 42.7. The van der Waals surface area contributed by atoms with Crippen LogP contribution in [0.3, 0.4) is 0 Å². The van der Waals surface area contributed by atoms with E-state index in [-0.39, 0.29) is 17.5 Å². The van der Waals surface area contributed by atoms with Crippen LogP contribution in [0, 0.1) is 11.6 Å². The van der Waals surface area contributed by atoms with Crippen LogP contribution in [0.2, 0.25) is 0 Å². The third-order valence-electron chi connectivity index (χ3n) is 5.64. The van der Waals surface area contributed by atoms with Crippen LogP contribution in [-0.4, -0.2) is 26.3 Å². The third-order valence-corrected chi connectivity index (χ3v) is 6.73. The highest BCUT2D eigenvalue weighted by Crippen LogP contribution is 2.33. The molecule has 3 atom stereocenters. The number of aromatic nitrogens is 2. The Balaban J connectivity index is 1.70. The Morgan fingerprint density at radius 1 is 1.19 bits per heavy atom. The van der Waals surface area contributed by atoms with Crippen LogP contribution in [0.15, 0.2) is 53.6 Å². The maximum atomic E-state index is 13.7. The highest BCUT2D eigenvalue weighted by atomic mass is 32.2. The molecule has 3 aromatic rings. The molecular formula is C23H23F2N3O2S. The van der Waals surface area contributed by atoms with Gasteiger partial charge in [-0.3, -0.25) is 4.79 Å². The maximum Gasteiger partial charge on any atom is 0.254 e. The summed E-state index contributed by atoms with van der Waals surface area (Å²) in [5.74, 6) is -1.02. The fourth-order valence-corrected chi connectivity index (χ4v) is 5.00. The van der Waals surface area contributed by atoms with Crippen molar-refractivity contribution in [2.45, 2.75) is 38.1 Å². The summed E-state index contributed by atoms with van der Waals surface area (Å²) in [5, 5.41) is 0. The Morgan fingerprint density at radius 3 is 2.71 bits per heavy atom. The molecule has 0 amide bonds. The van der Waals surface area contributed by atoms with Gasteiger partial charge in [0, 0.05) is 28.9 Å². The monoisotopic (exact) mass is 443 g/mol. The lowest BCUT2D eigenvalue weighted by molar-refractivity contribution is 0.421. The van der Waals surface area contributed by atoms with Crippen LogP contribution in [-0.2, 0) is 24.2 Å². The Kier molecular flexibility index (Phi) is 6.50. The number of hydrogen-bond acceptors (Lipinski definition) is 4. The summed E-state index contributed by atoms with van der Waals surface area (Å²) in [5.41, 5.74) is 3.24. The SMILES string of the molecule is CC[S+]([O-])N[C@H]1CCc2nc[nH]c(=O)c2[C@H]1Cc1cccc(-c2cc(F)cc(F)c2)c1. The lowest BCUT2D eigenvalue weighted by Crippen LogP contribution is -2.45. The second-order valence-electron chi connectivity index (χ2n) is 7.66. The quantitative estimate of drug-likeness (QED) is 0.570. The van der Waals surface area contributed by atoms with Gasteiger partial charge in [0.05, 0.1) is 18.1 Å². The summed E-state index contributed by atoms with van der Waals surface area (Å²) in [6.45, 7) is 1.84. The van der Waals surface area contributed by atoms with Gasteiger partial charge in [0.25, 0.3) is 5.56 Å². The van der Waals surface area contributed by atoms with Crippen molar-refractivity contribution in [1.82, 2.24) is 14.7 Å². The van der Waals surface area contributed by atoms with Crippen molar-refractivity contribution >= 4 is 11.4 Å². The van der Waals surface area contributed by atoms with E-state index >= 15 is 0 Å². The number of aromatic amines is 1. The van der Waals surface area contributed by atoms with Gasteiger partial charge in [-0.1, -0.05) is 24.3 Å². The Hall–Kier alpha value is -2.55. The van der Waals surface area contributed by atoms with Gasteiger partial charge >= 0.3 is 0 Å². The standard InChI is InChI=1S/C23H23F2N3O2S/c1-2-31(30)28-20-6-7-21-22(23(29)27-13-26-21)19(20)9-14-4-3-5-15(8-14)16-10-17(24)12-18(25)11-16/h3-5,8,10-13,19-20,28H,2,6-7,9H2,1H3,(H,26,27,29)/t19-,20-,31?/m0/s1. The zero-order chi connectivity index (χ0) is 22.0. The summed E-state index contributed by atoms with van der Waals surface area (Å²) in [6.07, 6.45) is 3.27. The molecule has 1 aliphatic rings. The van der Waals surface area contributed by atoms with Gasteiger partial charge < -0.3 is 9.54 Å². The Bertz CT molecular complexity index is 1120. The summed E-state index contributed by atoms with van der Waals surface area (Å²) >= 11 is -1.19.